The van der Waals surface area contributed by atoms with E-state index in [4.69, 9.17) is 9.40 Å². The lowest BCUT2D eigenvalue weighted by Gasteiger charge is -2.24. The van der Waals surface area contributed by atoms with Crippen LogP contribution in [0.3, 0.4) is 0 Å². The number of imidazole rings is 1. The molecule has 4 nitrogen and oxygen atoms in total. The number of aryl methyl sites for hydroxylation is 2. The van der Waals surface area contributed by atoms with Crippen LogP contribution in [0.15, 0.2) is 35.1 Å². The first-order valence-electron chi connectivity index (χ1n) is 8.51. The van der Waals surface area contributed by atoms with Crippen molar-refractivity contribution in [2.75, 3.05) is 5.32 Å². The second kappa shape index (κ2) is 6.89. The summed E-state index contributed by atoms with van der Waals surface area (Å²) in [5.41, 5.74) is 5.46. The fourth-order valence-electron chi connectivity index (χ4n) is 3.70. The molecule has 1 N–H and O–H groups in total. The average Bonchev–Trinajstić information content (AvgIpc) is 3.16. The molecule has 24 heavy (non-hydrogen) atoms. The van der Waals surface area contributed by atoms with Crippen molar-refractivity contribution in [3.05, 3.63) is 42.0 Å². The van der Waals surface area contributed by atoms with E-state index in [0.717, 1.165) is 22.7 Å². The lowest BCUT2D eigenvalue weighted by molar-refractivity contribution is 0.461. The van der Waals surface area contributed by atoms with Gasteiger partial charge in [0.05, 0.1) is 12.5 Å². The molecular formula is C19H24ClN3O. The summed E-state index contributed by atoms with van der Waals surface area (Å²) in [7, 11) is 0. The largest absolute Gasteiger partial charge is 0.472 e. The predicted molar refractivity (Wildman–Crippen MR) is 100 cm³/mol. The van der Waals surface area contributed by atoms with Crippen molar-refractivity contribution < 1.29 is 4.42 Å². The van der Waals surface area contributed by atoms with Gasteiger partial charge < -0.3 is 9.73 Å². The second-order valence-electron chi connectivity index (χ2n) is 6.67. The van der Waals surface area contributed by atoms with Gasteiger partial charge in [0.15, 0.2) is 0 Å². The number of hydrogen-bond acceptors (Lipinski definition) is 3. The third-order valence-electron chi connectivity index (χ3n) is 4.79. The van der Waals surface area contributed by atoms with Crippen LogP contribution in [0.25, 0.3) is 16.9 Å². The smallest absolute Gasteiger partial charge is 0.139 e. The number of furan rings is 1. The molecule has 4 rings (SSSR count). The number of rotatable bonds is 3. The maximum absolute atomic E-state index is 5.29. The molecule has 1 aliphatic carbocycles. The number of pyridine rings is 1. The summed E-state index contributed by atoms with van der Waals surface area (Å²) in [6, 6.07) is 6.87. The summed E-state index contributed by atoms with van der Waals surface area (Å²) in [6.07, 6.45) is 9.95. The molecule has 1 aliphatic rings. The second-order valence-corrected chi connectivity index (χ2v) is 6.67. The van der Waals surface area contributed by atoms with Gasteiger partial charge in [-0.25, -0.2) is 4.98 Å². The Kier molecular flexibility index (Phi) is 4.86. The molecule has 0 aromatic carbocycles. The Balaban J connectivity index is 0.00000169. The van der Waals surface area contributed by atoms with Crippen molar-refractivity contribution in [2.24, 2.45) is 0 Å². The predicted octanol–water partition coefficient (Wildman–Crippen LogP) is 5.38. The Morgan fingerprint density at radius 3 is 2.67 bits per heavy atom. The summed E-state index contributed by atoms with van der Waals surface area (Å²) in [6.45, 7) is 4.26. The van der Waals surface area contributed by atoms with Crippen LogP contribution < -0.4 is 5.32 Å². The van der Waals surface area contributed by atoms with Gasteiger partial charge in [0, 0.05) is 17.3 Å². The molecule has 5 heteroatoms. The standard InChI is InChI=1S/C19H23N3O.ClH/c1-13-10-14(2)22-17(11-13)21-18(15-8-9-23-12-15)19(22)20-16-6-4-3-5-7-16;/h8-12,16,20H,3-7H2,1-2H3;1H. The number of nitrogens with zero attached hydrogens (tertiary/aromatic N) is 2. The van der Waals surface area contributed by atoms with Crippen LogP contribution in [-0.2, 0) is 0 Å². The number of hydrogen-bond donors (Lipinski definition) is 1. The molecule has 1 saturated carbocycles. The van der Waals surface area contributed by atoms with Gasteiger partial charge >= 0.3 is 0 Å². The van der Waals surface area contributed by atoms with Crippen LogP contribution in [0.5, 0.6) is 0 Å². The molecule has 128 valence electrons. The van der Waals surface area contributed by atoms with E-state index in [1.165, 1.54) is 43.4 Å². The van der Waals surface area contributed by atoms with Gasteiger partial charge in [-0.15, -0.1) is 12.4 Å². The van der Waals surface area contributed by atoms with Crippen molar-refractivity contribution in [2.45, 2.75) is 52.0 Å². The lowest BCUT2D eigenvalue weighted by Crippen LogP contribution is -2.23. The number of fused-ring (bicyclic) bond motifs is 1. The Labute approximate surface area is 148 Å². The van der Waals surface area contributed by atoms with E-state index in [9.17, 15) is 0 Å². The van der Waals surface area contributed by atoms with Crippen molar-refractivity contribution in [3.8, 4) is 11.3 Å². The molecule has 1 fully saturated rings. The minimum Gasteiger partial charge on any atom is -0.472 e. The third-order valence-corrected chi connectivity index (χ3v) is 4.79. The molecule has 3 aromatic rings. The highest BCUT2D eigenvalue weighted by atomic mass is 35.5. The van der Waals surface area contributed by atoms with Gasteiger partial charge in [0.1, 0.15) is 17.2 Å². The first-order chi connectivity index (χ1) is 11.2. The number of anilines is 1. The molecule has 0 radical (unpaired) electrons. The first-order valence-corrected chi connectivity index (χ1v) is 8.51. The van der Waals surface area contributed by atoms with Gasteiger partial charge in [-0.2, -0.15) is 0 Å². The van der Waals surface area contributed by atoms with E-state index in [-0.39, 0.29) is 12.4 Å². The highest BCUT2D eigenvalue weighted by Gasteiger charge is 2.21. The zero-order chi connectivity index (χ0) is 15.8. The van der Waals surface area contributed by atoms with E-state index in [2.05, 4.69) is 35.7 Å². The zero-order valence-electron chi connectivity index (χ0n) is 14.2. The summed E-state index contributed by atoms with van der Waals surface area (Å²) in [5.74, 6) is 1.10. The molecule has 0 saturated heterocycles. The number of halogens is 1. The van der Waals surface area contributed by atoms with Crippen LogP contribution in [0.2, 0.25) is 0 Å². The van der Waals surface area contributed by atoms with Crippen LogP contribution in [-0.4, -0.2) is 15.4 Å². The molecule has 0 bridgehead atoms. The van der Waals surface area contributed by atoms with Gasteiger partial charge in [0.2, 0.25) is 0 Å². The number of aromatic nitrogens is 2. The molecule has 0 amide bonds. The minimum absolute atomic E-state index is 0. The van der Waals surface area contributed by atoms with E-state index in [0.29, 0.717) is 6.04 Å². The van der Waals surface area contributed by atoms with Crippen molar-refractivity contribution in [1.29, 1.82) is 0 Å². The van der Waals surface area contributed by atoms with Gasteiger partial charge in [-0.05, 0) is 50.5 Å². The van der Waals surface area contributed by atoms with Crippen molar-refractivity contribution in [3.63, 3.8) is 0 Å². The fourth-order valence-corrected chi connectivity index (χ4v) is 3.70. The van der Waals surface area contributed by atoms with E-state index in [1.54, 1.807) is 12.5 Å². The zero-order valence-corrected chi connectivity index (χ0v) is 15.0. The molecule has 0 spiro atoms. The molecule has 0 atom stereocenters. The molecule has 3 aromatic heterocycles. The van der Waals surface area contributed by atoms with Gasteiger partial charge in [-0.1, -0.05) is 19.3 Å². The van der Waals surface area contributed by atoms with Crippen LogP contribution in [0.1, 0.15) is 43.4 Å². The Morgan fingerprint density at radius 1 is 1.17 bits per heavy atom. The SMILES string of the molecule is Cc1cc(C)n2c(NC3CCCCC3)c(-c3ccoc3)nc2c1.Cl. The highest BCUT2D eigenvalue weighted by molar-refractivity contribution is 5.85. The highest BCUT2D eigenvalue weighted by Crippen LogP contribution is 2.32. The topological polar surface area (TPSA) is 42.5 Å². The normalized spacial score (nSPS) is 15.4. The van der Waals surface area contributed by atoms with Crippen molar-refractivity contribution in [1.82, 2.24) is 9.38 Å². The maximum atomic E-state index is 5.29. The Hall–Kier alpha value is -1.94. The quantitative estimate of drug-likeness (QED) is 0.693. The van der Waals surface area contributed by atoms with E-state index >= 15 is 0 Å². The van der Waals surface area contributed by atoms with E-state index < -0.39 is 0 Å². The summed E-state index contributed by atoms with van der Waals surface area (Å²) in [4.78, 5) is 4.88. The van der Waals surface area contributed by atoms with Gasteiger partial charge in [-0.3, -0.25) is 4.40 Å². The molecule has 0 unspecified atom stereocenters. The Bertz CT molecular complexity index is 817. The van der Waals surface area contributed by atoms with Gasteiger partial charge in [0.25, 0.3) is 0 Å². The summed E-state index contributed by atoms with van der Waals surface area (Å²) >= 11 is 0. The Morgan fingerprint density at radius 2 is 1.96 bits per heavy atom. The average molecular weight is 346 g/mol. The third kappa shape index (κ3) is 3.03. The maximum Gasteiger partial charge on any atom is 0.139 e. The monoisotopic (exact) mass is 345 g/mol. The summed E-state index contributed by atoms with van der Waals surface area (Å²) < 4.78 is 7.53. The molecule has 3 heterocycles. The fraction of sp³-hybridized carbons (Fsp3) is 0.421. The first kappa shape index (κ1) is 16.9. The lowest BCUT2D eigenvalue weighted by atomic mass is 9.95. The van der Waals surface area contributed by atoms with Crippen LogP contribution in [0.4, 0.5) is 5.82 Å². The molecular weight excluding hydrogens is 322 g/mol. The molecule has 0 aliphatic heterocycles. The number of nitrogens with one attached hydrogen (secondary N) is 1. The minimum atomic E-state index is 0. The van der Waals surface area contributed by atoms with Crippen molar-refractivity contribution >= 4 is 23.9 Å². The van der Waals surface area contributed by atoms with Crippen LogP contribution >= 0.6 is 12.4 Å². The van der Waals surface area contributed by atoms with Crippen LogP contribution in [0, 0.1) is 13.8 Å². The van der Waals surface area contributed by atoms with E-state index in [1.807, 2.05) is 6.07 Å². The summed E-state index contributed by atoms with van der Waals surface area (Å²) in [5, 5.41) is 3.78.